The van der Waals surface area contributed by atoms with Crippen LogP contribution in [0.25, 0.3) is 0 Å². The largest absolute Gasteiger partial charge is 0.326 e. The third-order valence-electron chi connectivity index (χ3n) is 2.56. The SMILES string of the molecule is CC(C)C1(N)N=CNC(Nc2ccncc2)=N1. The monoisotopic (exact) mass is 232 g/mol. The van der Waals surface area contributed by atoms with Gasteiger partial charge in [-0.1, -0.05) is 13.8 Å². The summed E-state index contributed by atoms with van der Waals surface area (Å²) >= 11 is 0. The van der Waals surface area contributed by atoms with Gasteiger partial charge in [-0.15, -0.1) is 0 Å². The Hall–Kier alpha value is -1.95. The zero-order chi connectivity index (χ0) is 12.3. The van der Waals surface area contributed by atoms with Crippen LogP contribution in [0.2, 0.25) is 0 Å². The molecule has 90 valence electrons. The van der Waals surface area contributed by atoms with E-state index in [1.165, 1.54) is 0 Å². The lowest BCUT2D eigenvalue weighted by atomic mass is 10.1. The van der Waals surface area contributed by atoms with E-state index in [9.17, 15) is 0 Å². The summed E-state index contributed by atoms with van der Waals surface area (Å²) in [6.07, 6.45) is 4.98. The molecule has 2 heterocycles. The molecule has 0 saturated heterocycles. The molecule has 0 amide bonds. The van der Waals surface area contributed by atoms with E-state index in [4.69, 9.17) is 5.73 Å². The van der Waals surface area contributed by atoms with E-state index in [2.05, 4.69) is 25.6 Å². The highest BCUT2D eigenvalue weighted by Gasteiger charge is 2.29. The van der Waals surface area contributed by atoms with E-state index >= 15 is 0 Å². The summed E-state index contributed by atoms with van der Waals surface area (Å²) in [5, 5.41) is 6.04. The first-order valence-electron chi connectivity index (χ1n) is 5.46. The highest BCUT2D eigenvalue weighted by Crippen LogP contribution is 2.18. The van der Waals surface area contributed by atoms with Crippen molar-refractivity contribution in [3.63, 3.8) is 0 Å². The summed E-state index contributed by atoms with van der Waals surface area (Å²) in [7, 11) is 0. The van der Waals surface area contributed by atoms with Crippen LogP contribution < -0.4 is 16.4 Å². The zero-order valence-corrected chi connectivity index (χ0v) is 9.88. The topological polar surface area (TPSA) is 87.7 Å². The van der Waals surface area contributed by atoms with E-state index < -0.39 is 5.79 Å². The number of nitrogens with two attached hydrogens (primary N) is 1. The van der Waals surface area contributed by atoms with Crippen molar-refractivity contribution in [2.75, 3.05) is 5.32 Å². The fraction of sp³-hybridized carbons (Fsp3) is 0.364. The van der Waals surface area contributed by atoms with Crippen molar-refractivity contribution in [2.45, 2.75) is 19.6 Å². The summed E-state index contributed by atoms with van der Waals surface area (Å²) in [5.41, 5.74) is 6.96. The van der Waals surface area contributed by atoms with Crippen LogP contribution in [-0.2, 0) is 0 Å². The Balaban J connectivity index is 2.15. The van der Waals surface area contributed by atoms with Crippen molar-refractivity contribution in [2.24, 2.45) is 21.6 Å². The minimum atomic E-state index is -0.902. The van der Waals surface area contributed by atoms with Gasteiger partial charge in [0.05, 0.1) is 6.34 Å². The summed E-state index contributed by atoms with van der Waals surface area (Å²) in [4.78, 5) is 12.5. The Kier molecular flexibility index (Phi) is 3.06. The predicted molar refractivity (Wildman–Crippen MR) is 68.7 cm³/mol. The first-order chi connectivity index (χ1) is 8.10. The molecular formula is C11H16N6. The van der Waals surface area contributed by atoms with Crippen LogP contribution in [0.5, 0.6) is 0 Å². The van der Waals surface area contributed by atoms with Crippen LogP contribution >= 0.6 is 0 Å². The van der Waals surface area contributed by atoms with Crippen LogP contribution in [0.3, 0.4) is 0 Å². The molecule has 0 saturated carbocycles. The Bertz CT molecular complexity index is 439. The molecule has 0 radical (unpaired) electrons. The molecule has 1 aliphatic rings. The van der Waals surface area contributed by atoms with Crippen LogP contribution in [0.4, 0.5) is 5.69 Å². The number of pyridine rings is 1. The van der Waals surface area contributed by atoms with Gasteiger partial charge in [0.15, 0.2) is 0 Å². The summed E-state index contributed by atoms with van der Waals surface area (Å²) < 4.78 is 0. The molecule has 0 fully saturated rings. The standard InChI is InChI=1S/C11H16N6/c1-8(2)11(12)15-7-14-10(17-11)16-9-3-5-13-6-4-9/h3-8H,12H2,1-2H3,(H2,13,14,15,16,17). The normalized spacial score (nSPS) is 23.2. The molecule has 6 heteroatoms. The highest BCUT2D eigenvalue weighted by molar-refractivity contribution is 6.01. The van der Waals surface area contributed by atoms with Crippen LogP contribution in [0, 0.1) is 5.92 Å². The van der Waals surface area contributed by atoms with Gasteiger partial charge in [-0.05, 0) is 12.1 Å². The lowest BCUT2D eigenvalue weighted by Crippen LogP contribution is -2.49. The summed E-state index contributed by atoms with van der Waals surface area (Å²) in [6, 6.07) is 3.70. The molecule has 6 nitrogen and oxygen atoms in total. The number of anilines is 1. The molecule has 0 spiro atoms. The lowest BCUT2D eigenvalue weighted by Gasteiger charge is -2.28. The molecule has 0 aliphatic carbocycles. The molecule has 4 N–H and O–H groups in total. The maximum Gasteiger partial charge on any atom is 0.209 e. The first kappa shape index (κ1) is 11.5. The fourth-order valence-corrected chi connectivity index (χ4v) is 1.35. The minimum Gasteiger partial charge on any atom is -0.326 e. The van der Waals surface area contributed by atoms with E-state index in [1.807, 2.05) is 26.0 Å². The van der Waals surface area contributed by atoms with E-state index in [0.717, 1.165) is 5.69 Å². The van der Waals surface area contributed by atoms with Crippen LogP contribution in [0.15, 0.2) is 34.5 Å². The van der Waals surface area contributed by atoms with Crippen LogP contribution in [-0.4, -0.2) is 23.1 Å². The average molecular weight is 232 g/mol. The molecule has 1 aliphatic heterocycles. The number of hydrogen-bond donors (Lipinski definition) is 3. The van der Waals surface area contributed by atoms with Crippen molar-refractivity contribution in [1.29, 1.82) is 0 Å². The van der Waals surface area contributed by atoms with E-state index in [1.54, 1.807) is 18.7 Å². The quantitative estimate of drug-likeness (QED) is 0.702. The third-order valence-corrected chi connectivity index (χ3v) is 2.56. The van der Waals surface area contributed by atoms with Gasteiger partial charge in [-0.25, -0.2) is 9.98 Å². The fourth-order valence-electron chi connectivity index (χ4n) is 1.35. The number of aromatic nitrogens is 1. The highest BCUT2D eigenvalue weighted by atomic mass is 15.3. The summed E-state index contributed by atoms with van der Waals surface area (Å²) in [6.45, 7) is 3.96. The van der Waals surface area contributed by atoms with Gasteiger partial charge in [-0.2, -0.15) is 0 Å². The molecule has 1 unspecified atom stereocenters. The molecule has 0 aromatic carbocycles. The van der Waals surface area contributed by atoms with Gasteiger partial charge in [-0.3, -0.25) is 10.7 Å². The second-order valence-corrected chi connectivity index (χ2v) is 4.16. The average Bonchev–Trinajstić information content (AvgIpc) is 2.30. The maximum atomic E-state index is 6.07. The van der Waals surface area contributed by atoms with Crippen molar-refractivity contribution in [3.8, 4) is 0 Å². The Morgan fingerprint density at radius 3 is 2.71 bits per heavy atom. The molecule has 17 heavy (non-hydrogen) atoms. The third kappa shape index (κ3) is 2.59. The van der Waals surface area contributed by atoms with Gasteiger partial charge in [0, 0.05) is 24.0 Å². The number of hydrogen-bond acceptors (Lipinski definition) is 6. The van der Waals surface area contributed by atoms with E-state index in [-0.39, 0.29) is 5.92 Å². The van der Waals surface area contributed by atoms with Crippen molar-refractivity contribution in [1.82, 2.24) is 10.3 Å². The van der Waals surface area contributed by atoms with Crippen molar-refractivity contribution in [3.05, 3.63) is 24.5 Å². The van der Waals surface area contributed by atoms with Gasteiger partial charge in [0.25, 0.3) is 0 Å². The number of nitrogens with one attached hydrogen (secondary N) is 2. The smallest absolute Gasteiger partial charge is 0.209 e. The van der Waals surface area contributed by atoms with Crippen molar-refractivity contribution >= 4 is 18.0 Å². The molecule has 2 rings (SSSR count). The number of rotatable bonds is 2. The molecule has 1 aromatic heterocycles. The maximum absolute atomic E-state index is 6.07. The molecule has 1 aromatic rings. The molecular weight excluding hydrogens is 216 g/mol. The number of nitrogens with zero attached hydrogens (tertiary/aromatic N) is 3. The van der Waals surface area contributed by atoms with E-state index in [0.29, 0.717) is 5.96 Å². The first-order valence-corrected chi connectivity index (χ1v) is 5.46. The predicted octanol–water partition coefficient (Wildman–Crippen LogP) is 0.749. The van der Waals surface area contributed by atoms with Crippen LogP contribution in [0.1, 0.15) is 13.8 Å². The number of guanidine groups is 1. The van der Waals surface area contributed by atoms with Crippen molar-refractivity contribution < 1.29 is 0 Å². The van der Waals surface area contributed by atoms with Gasteiger partial charge in [0.2, 0.25) is 11.7 Å². The zero-order valence-electron chi connectivity index (χ0n) is 9.88. The minimum absolute atomic E-state index is 0.120. The Labute approximate surface area is 100 Å². The second-order valence-electron chi connectivity index (χ2n) is 4.16. The van der Waals surface area contributed by atoms with Gasteiger partial charge in [0.1, 0.15) is 0 Å². The van der Waals surface area contributed by atoms with Gasteiger partial charge < -0.3 is 10.6 Å². The van der Waals surface area contributed by atoms with Gasteiger partial charge >= 0.3 is 0 Å². The Morgan fingerprint density at radius 2 is 2.06 bits per heavy atom. The molecule has 1 atom stereocenters. The number of aliphatic imine (C=N–C) groups is 2. The second kappa shape index (κ2) is 4.50. The Morgan fingerprint density at radius 1 is 1.35 bits per heavy atom. The molecule has 0 bridgehead atoms. The summed E-state index contributed by atoms with van der Waals surface area (Å²) in [5.74, 6) is -0.196. The lowest BCUT2D eigenvalue weighted by molar-refractivity contribution is 0.336.